The number of hydrogen-bond acceptors (Lipinski definition) is 4. The van der Waals surface area contributed by atoms with E-state index < -0.39 is 23.7 Å². The number of ketones is 1. The van der Waals surface area contributed by atoms with Crippen LogP contribution in [0.4, 0.5) is 10.1 Å². The molecule has 6 heteroatoms. The van der Waals surface area contributed by atoms with E-state index in [1.165, 1.54) is 29.2 Å². The Kier molecular flexibility index (Phi) is 3.91. The van der Waals surface area contributed by atoms with E-state index in [1.807, 2.05) is 11.0 Å². The van der Waals surface area contributed by atoms with Gasteiger partial charge >= 0.3 is 0 Å². The quantitative estimate of drug-likeness (QED) is 0.609. The fourth-order valence-electron chi connectivity index (χ4n) is 5.13. The molecular weight excluding hydrogens is 359 g/mol. The minimum absolute atomic E-state index is 0.0930. The SMILES string of the molecule is O=C(c1ccc(F)cc1)[C@@H]1[C@@H]2C(=O)N(c3ccccc3)C(=O)[C@H]2[C@@H]2CCCN12. The predicted molar refractivity (Wildman–Crippen MR) is 100 cm³/mol. The van der Waals surface area contributed by atoms with E-state index in [1.54, 1.807) is 24.3 Å². The Morgan fingerprint density at radius 1 is 0.929 bits per heavy atom. The second-order valence-corrected chi connectivity index (χ2v) is 7.66. The number of fused-ring (bicyclic) bond motifs is 3. The highest BCUT2D eigenvalue weighted by Crippen LogP contribution is 2.48. The zero-order valence-corrected chi connectivity index (χ0v) is 15.1. The van der Waals surface area contributed by atoms with Crippen molar-refractivity contribution in [2.45, 2.75) is 24.9 Å². The Labute approximate surface area is 161 Å². The molecule has 3 heterocycles. The van der Waals surface area contributed by atoms with Crippen molar-refractivity contribution in [2.75, 3.05) is 11.4 Å². The molecule has 0 unspecified atom stereocenters. The zero-order valence-electron chi connectivity index (χ0n) is 15.1. The third-order valence-electron chi connectivity index (χ3n) is 6.26. The summed E-state index contributed by atoms with van der Waals surface area (Å²) >= 11 is 0. The van der Waals surface area contributed by atoms with Gasteiger partial charge in [-0.2, -0.15) is 0 Å². The van der Waals surface area contributed by atoms with Crippen LogP contribution in [0.1, 0.15) is 23.2 Å². The van der Waals surface area contributed by atoms with Gasteiger partial charge in [-0.15, -0.1) is 0 Å². The fourth-order valence-corrected chi connectivity index (χ4v) is 5.13. The van der Waals surface area contributed by atoms with E-state index in [0.29, 0.717) is 17.8 Å². The molecule has 4 atom stereocenters. The summed E-state index contributed by atoms with van der Waals surface area (Å²) < 4.78 is 13.3. The van der Waals surface area contributed by atoms with Gasteiger partial charge in [0.1, 0.15) is 5.82 Å². The Bertz CT molecular complexity index is 960. The number of benzene rings is 2. The van der Waals surface area contributed by atoms with Crippen LogP contribution in [0.3, 0.4) is 0 Å². The highest BCUT2D eigenvalue weighted by Gasteiger charge is 2.64. The maximum absolute atomic E-state index is 13.3. The largest absolute Gasteiger partial charge is 0.292 e. The normalized spacial score (nSPS) is 29.2. The van der Waals surface area contributed by atoms with Gasteiger partial charge in [0.2, 0.25) is 11.8 Å². The molecule has 3 fully saturated rings. The van der Waals surface area contributed by atoms with Gasteiger partial charge in [0, 0.05) is 11.6 Å². The average Bonchev–Trinajstić information content (AvgIpc) is 3.35. The summed E-state index contributed by atoms with van der Waals surface area (Å²) in [7, 11) is 0. The van der Waals surface area contributed by atoms with E-state index in [0.717, 1.165) is 12.8 Å². The van der Waals surface area contributed by atoms with Gasteiger partial charge in [0.15, 0.2) is 5.78 Å². The van der Waals surface area contributed by atoms with Crippen LogP contribution in [0.5, 0.6) is 0 Å². The number of amides is 2. The zero-order chi connectivity index (χ0) is 19.4. The standard InChI is InChI=1S/C22H19FN2O3/c23-14-10-8-13(9-11-14)20(26)19-18-17(16-7-4-12-24(16)19)21(27)25(22(18)28)15-5-2-1-3-6-15/h1-3,5-6,8-11,16-19H,4,7,12H2/t16-,17-,18+,19-/m0/s1. The Hall–Kier alpha value is -2.86. The molecule has 28 heavy (non-hydrogen) atoms. The monoisotopic (exact) mass is 378 g/mol. The van der Waals surface area contributed by atoms with Crippen molar-refractivity contribution in [3.8, 4) is 0 Å². The number of imide groups is 1. The Morgan fingerprint density at radius 2 is 1.61 bits per heavy atom. The minimum Gasteiger partial charge on any atom is -0.292 e. The van der Waals surface area contributed by atoms with E-state index in [9.17, 15) is 18.8 Å². The summed E-state index contributed by atoms with van der Waals surface area (Å²) in [6, 6.07) is 13.5. The second kappa shape index (κ2) is 6.34. The molecule has 0 spiro atoms. The number of carbonyl (C=O) groups excluding carboxylic acids is 3. The van der Waals surface area contributed by atoms with Crippen LogP contribution in [-0.2, 0) is 9.59 Å². The number of para-hydroxylation sites is 1. The predicted octanol–water partition coefficient (Wildman–Crippen LogP) is 2.66. The number of rotatable bonds is 3. The highest BCUT2D eigenvalue weighted by molar-refractivity contribution is 6.24. The summed E-state index contributed by atoms with van der Waals surface area (Å²) in [6.07, 6.45) is 1.70. The Balaban J connectivity index is 1.55. The average molecular weight is 378 g/mol. The lowest BCUT2D eigenvalue weighted by atomic mass is 9.85. The lowest BCUT2D eigenvalue weighted by molar-refractivity contribution is -0.123. The number of halogens is 1. The molecule has 0 saturated carbocycles. The summed E-state index contributed by atoms with van der Waals surface area (Å²) in [5.74, 6) is -2.33. The Morgan fingerprint density at radius 3 is 2.32 bits per heavy atom. The number of Topliss-reactive ketones (excluding diaryl/α,β-unsaturated/α-hetero) is 1. The van der Waals surface area contributed by atoms with E-state index >= 15 is 0 Å². The van der Waals surface area contributed by atoms with E-state index in [4.69, 9.17) is 0 Å². The van der Waals surface area contributed by atoms with Gasteiger partial charge in [-0.3, -0.25) is 19.3 Å². The first-order valence-electron chi connectivity index (χ1n) is 9.56. The highest BCUT2D eigenvalue weighted by atomic mass is 19.1. The maximum Gasteiger partial charge on any atom is 0.239 e. The molecule has 3 saturated heterocycles. The van der Waals surface area contributed by atoms with Crippen LogP contribution in [0.2, 0.25) is 0 Å². The molecule has 0 bridgehead atoms. The van der Waals surface area contributed by atoms with Crippen molar-refractivity contribution in [3.63, 3.8) is 0 Å². The summed E-state index contributed by atoms with van der Waals surface area (Å²) in [5, 5.41) is 0. The first-order valence-corrected chi connectivity index (χ1v) is 9.56. The molecule has 5 rings (SSSR count). The first kappa shape index (κ1) is 17.3. The number of anilines is 1. The van der Waals surface area contributed by atoms with E-state index in [-0.39, 0.29) is 23.6 Å². The van der Waals surface area contributed by atoms with Gasteiger partial charge in [-0.05, 0) is 55.8 Å². The number of hydrogen-bond donors (Lipinski definition) is 0. The first-order chi connectivity index (χ1) is 13.6. The lowest BCUT2D eigenvalue weighted by Crippen LogP contribution is -2.46. The topological polar surface area (TPSA) is 57.7 Å². The molecule has 2 aromatic carbocycles. The fraction of sp³-hybridized carbons (Fsp3) is 0.318. The summed E-state index contributed by atoms with van der Waals surface area (Å²) in [5.41, 5.74) is 0.917. The van der Waals surface area contributed by atoms with Crippen molar-refractivity contribution < 1.29 is 18.8 Å². The van der Waals surface area contributed by atoms with Gasteiger partial charge in [-0.25, -0.2) is 9.29 Å². The van der Waals surface area contributed by atoms with Crippen LogP contribution in [-0.4, -0.2) is 41.1 Å². The van der Waals surface area contributed by atoms with Crippen molar-refractivity contribution >= 4 is 23.3 Å². The van der Waals surface area contributed by atoms with Crippen LogP contribution in [0, 0.1) is 17.7 Å². The van der Waals surface area contributed by atoms with Crippen molar-refractivity contribution in [1.82, 2.24) is 4.90 Å². The molecule has 0 aromatic heterocycles. The molecule has 0 radical (unpaired) electrons. The van der Waals surface area contributed by atoms with Crippen molar-refractivity contribution in [3.05, 3.63) is 66.0 Å². The summed E-state index contributed by atoms with van der Waals surface area (Å²) in [6.45, 7) is 0.696. The van der Waals surface area contributed by atoms with Crippen LogP contribution < -0.4 is 4.90 Å². The van der Waals surface area contributed by atoms with Crippen molar-refractivity contribution in [1.29, 1.82) is 0 Å². The number of carbonyl (C=O) groups is 3. The van der Waals surface area contributed by atoms with Crippen LogP contribution in [0.25, 0.3) is 0 Å². The molecule has 5 nitrogen and oxygen atoms in total. The van der Waals surface area contributed by atoms with Gasteiger partial charge in [0.05, 0.1) is 23.6 Å². The lowest BCUT2D eigenvalue weighted by Gasteiger charge is -2.27. The smallest absolute Gasteiger partial charge is 0.239 e. The number of nitrogens with zero attached hydrogens (tertiary/aromatic N) is 2. The third-order valence-corrected chi connectivity index (χ3v) is 6.26. The maximum atomic E-state index is 13.3. The van der Waals surface area contributed by atoms with E-state index in [2.05, 4.69) is 0 Å². The van der Waals surface area contributed by atoms with Crippen LogP contribution in [0.15, 0.2) is 54.6 Å². The molecule has 3 aliphatic rings. The molecule has 0 aliphatic carbocycles. The summed E-state index contributed by atoms with van der Waals surface area (Å²) in [4.78, 5) is 43.1. The molecular formula is C22H19FN2O3. The van der Waals surface area contributed by atoms with Gasteiger partial charge in [-0.1, -0.05) is 18.2 Å². The molecule has 2 aromatic rings. The second-order valence-electron chi connectivity index (χ2n) is 7.66. The minimum atomic E-state index is -0.685. The molecule has 2 amide bonds. The van der Waals surface area contributed by atoms with Crippen molar-refractivity contribution in [2.24, 2.45) is 11.8 Å². The van der Waals surface area contributed by atoms with Crippen LogP contribution >= 0.6 is 0 Å². The third kappa shape index (κ3) is 2.37. The van der Waals surface area contributed by atoms with Gasteiger partial charge in [0.25, 0.3) is 0 Å². The molecule has 142 valence electrons. The molecule has 3 aliphatic heterocycles. The van der Waals surface area contributed by atoms with Gasteiger partial charge < -0.3 is 0 Å². The molecule has 0 N–H and O–H groups in total.